The third-order valence-electron chi connectivity index (χ3n) is 3.18. The number of rotatable bonds is 10. The van der Waals surface area contributed by atoms with Crippen molar-refractivity contribution in [2.24, 2.45) is 0 Å². The molecule has 0 aliphatic heterocycles. The predicted octanol–water partition coefficient (Wildman–Crippen LogP) is 2.51. The van der Waals surface area contributed by atoms with E-state index in [-0.39, 0.29) is 50.5 Å². The van der Waals surface area contributed by atoms with Gasteiger partial charge in [0, 0.05) is 12.8 Å². The van der Waals surface area contributed by atoms with Gasteiger partial charge in [0.05, 0.1) is 12.8 Å². The Kier molecular flexibility index (Phi) is 8.39. The van der Waals surface area contributed by atoms with Crippen molar-refractivity contribution in [2.75, 3.05) is 0 Å². The van der Waals surface area contributed by atoms with Crippen molar-refractivity contribution >= 4 is 23.5 Å². The lowest BCUT2D eigenvalue weighted by atomic mass is 10.1. The molecule has 130 valence electrons. The van der Waals surface area contributed by atoms with Gasteiger partial charge in [-0.05, 0) is 25.0 Å². The molecule has 0 saturated carbocycles. The van der Waals surface area contributed by atoms with Gasteiger partial charge < -0.3 is 19.1 Å². The third-order valence-corrected chi connectivity index (χ3v) is 3.18. The molecule has 0 N–H and O–H groups in total. The van der Waals surface area contributed by atoms with E-state index in [0.29, 0.717) is 0 Å². The number of Topliss-reactive ketones (excluding diaryl/α,β-unsaturated/α-hetero) is 2. The van der Waals surface area contributed by atoms with Gasteiger partial charge in [-0.1, -0.05) is 24.3 Å². The number of esters is 2. The van der Waals surface area contributed by atoms with Gasteiger partial charge in [-0.2, -0.15) is 0 Å². The Labute approximate surface area is 141 Å². The van der Waals surface area contributed by atoms with Crippen LogP contribution in [0.3, 0.4) is 0 Å². The molecule has 0 radical (unpaired) electrons. The second kappa shape index (κ2) is 10.3. The molecular weight excluding hydrogens is 312 g/mol. The van der Waals surface area contributed by atoms with Gasteiger partial charge in [-0.15, -0.1) is 0 Å². The first-order valence-corrected chi connectivity index (χ1v) is 7.74. The van der Waals surface area contributed by atoms with E-state index in [9.17, 15) is 19.2 Å². The van der Waals surface area contributed by atoms with Gasteiger partial charge in [0.1, 0.15) is 24.8 Å². The maximum absolute atomic E-state index is 11.4. The van der Waals surface area contributed by atoms with Crippen molar-refractivity contribution < 1.29 is 28.7 Å². The molecule has 0 heterocycles. The highest BCUT2D eigenvalue weighted by atomic mass is 16.5. The molecule has 1 aromatic rings. The monoisotopic (exact) mass is 334 g/mol. The first kappa shape index (κ1) is 19.5. The summed E-state index contributed by atoms with van der Waals surface area (Å²) in [5, 5.41) is 0. The standard InChI is InChI=1S/C18H22O6/c1-13(19)3-9-17(21)23-11-15-5-7-16(8-6-15)12-24-18(22)10-4-14(2)20/h5-8H,3-4,9-12H2,1-2H3. The smallest absolute Gasteiger partial charge is 0.306 e. The fourth-order valence-electron chi connectivity index (χ4n) is 1.76. The van der Waals surface area contributed by atoms with Gasteiger partial charge in [-0.3, -0.25) is 9.59 Å². The van der Waals surface area contributed by atoms with Crippen LogP contribution >= 0.6 is 0 Å². The molecule has 0 bridgehead atoms. The SMILES string of the molecule is CC(=O)CCC(=O)OCc1ccc(COC(=O)CCC(C)=O)cc1. The van der Waals surface area contributed by atoms with Crippen LogP contribution in [0.1, 0.15) is 50.7 Å². The molecule has 0 atom stereocenters. The maximum Gasteiger partial charge on any atom is 0.306 e. The van der Waals surface area contributed by atoms with Crippen LogP contribution in [0.2, 0.25) is 0 Å². The second-order valence-corrected chi connectivity index (χ2v) is 5.54. The predicted molar refractivity (Wildman–Crippen MR) is 85.9 cm³/mol. The van der Waals surface area contributed by atoms with Crippen LogP contribution in [0.4, 0.5) is 0 Å². The quantitative estimate of drug-likeness (QED) is 0.611. The maximum atomic E-state index is 11.4. The lowest BCUT2D eigenvalue weighted by molar-refractivity contribution is -0.146. The lowest BCUT2D eigenvalue weighted by Gasteiger charge is -2.07. The molecule has 0 unspecified atom stereocenters. The van der Waals surface area contributed by atoms with E-state index in [1.54, 1.807) is 24.3 Å². The minimum Gasteiger partial charge on any atom is -0.461 e. The van der Waals surface area contributed by atoms with E-state index >= 15 is 0 Å². The van der Waals surface area contributed by atoms with E-state index in [1.807, 2.05) is 0 Å². The van der Waals surface area contributed by atoms with E-state index in [4.69, 9.17) is 9.47 Å². The van der Waals surface area contributed by atoms with Crippen molar-refractivity contribution in [2.45, 2.75) is 52.7 Å². The number of carbonyl (C=O) groups excluding carboxylic acids is 4. The average molecular weight is 334 g/mol. The summed E-state index contributed by atoms with van der Waals surface area (Å²) in [5.74, 6) is -0.911. The summed E-state index contributed by atoms with van der Waals surface area (Å²) in [7, 11) is 0. The van der Waals surface area contributed by atoms with E-state index in [0.717, 1.165) is 11.1 Å². The van der Waals surface area contributed by atoms with Crippen molar-refractivity contribution in [3.05, 3.63) is 35.4 Å². The first-order chi connectivity index (χ1) is 11.4. The summed E-state index contributed by atoms with van der Waals surface area (Å²) in [6.45, 7) is 3.13. The van der Waals surface area contributed by atoms with Crippen molar-refractivity contribution in [3.63, 3.8) is 0 Å². The summed E-state index contributed by atoms with van der Waals surface area (Å²) in [5.41, 5.74) is 1.61. The summed E-state index contributed by atoms with van der Waals surface area (Å²) >= 11 is 0. The minimum absolute atomic E-state index is 0.0471. The zero-order chi connectivity index (χ0) is 17.9. The molecule has 1 aromatic carbocycles. The van der Waals surface area contributed by atoms with E-state index in [1.165, 1.54) is 13.8 Å². The van der Waals surface area contributed by atoms with Crippen LogP contribution < -0.4 is 0 Å². The fourth-order valence-corrected chi connectivity index (χ4v) is 1.76. The van der Waals surface area contributed by atoms with Gasteiger partial charge >= 0.3 is 11.9 Å². The van der Waals surface area contributed by atoms with Crippen LogP contribution in [0, 0.1) is 0 Å². The van der Waals surface area contributed by atoms with Crippen LogP contribution in [0.5, 0.6) is 0 Å². The molecule has 0 saturated heterocycles. The second-order valence-electron chi connectivity index (χ2n) is 5.54. The Morgan fingerprint density at radius 3 is 1.29 bits per heavy atom. The Morgan fingerprint density at radius 2 is 1.00 bits per heavy atom. The number of carbonyl (C=O) groups is 4. The number of hydrogen-bond acceptors (Lipinski definition) is 6. The van der Waals surface area contributed by atoms with Crippen molar-refractivity contribution in [1.29, 1.82) is 0 Å². The molecule has 0 fully saturated rings. The van der Waals surface area contributed by atoms with E-state index in [2.05, 4.69) is 0 Å². The lowest BCUT2D eigenvalue weighted by Crippen LogP contribution is -2.07. The zero-order valence-electron chi connectivity index (χ0n) is 14.0. The molecule has 24 heavy (non-hydrogen) atoms. The number of ketones is 2. The topological polar surface area (TPSA) is 86.7 Å². The average Bonchev–Trinajstić information content (AvgIpc) is 2.55. The molecule has 6 nitrogen and oxygen atoms in total. The minimum atomic E-state index is -0.409. The van der Waals surface area contributed by atoms with Gasteiger partial charge in [0.15, 0.2) is 0 Å². The number of hydrogen-bond donors (Lipinski definition) is 0. The third kappa shape index (κ3) is 8.82. The van der Waals surface area contributed by atoms with Crippen molar-refractivity contribution in [3.8, 4) is 0 Å². The van der Waals surface area contributed by atoms with Gasteiger partial charge in [-0.25, -0.2) is 0 Å². The van der Waals surface area contributed by atoms with Gasteiger partial charge in [0.25, 0.3) is 0 Å². The first-order valence-electron chi connectivity index (χ1n) is 7.74. The van der Waals surface area contributed by atoms with Crippen LogP contribution in [-0.4, -0.2) is 23.5 Å². The molecule has 0 aromatic heterocycles. The summed E-state index contributed by atoms with van der Waals surface area (Å²) < 4.78 is 10.1. The molecule has 6 heteroatoms. The Morgan fingerprint density at radius 1 is 0.667 bits per heavy atom. The summed E-state index contributed by atoms with van der Waals surface area (Å²) in [4.78, 5) is 44.4. The summed E-state index contributed by atoms with van der Waals surface area (Å²) in [6, 6.07) is 7.10. The Balaban J connectivity index is 2.32. The van der Waals surface area contributed by atoms with Crippen LogP contribution in [-0.2, 0) is 41.9 Å². The highest BCUT2D eigenvalue weighted by Gasteiger charge is 2.07. The van der Waals surface area contributed by atoms with E-state index < -0.39 is 11.9 Å². The molecule has 1 rings (SSSR count). The highest BCUT2D eigenvalue weighted by molar-refractivity contribution is 5.81. The number of benzene rings is 1. The number of ether oxygens (including phenoxy) is 2. The fraction of sp³-hybridized carbons (Fsp3) is 0.444. The molecule has 0 spiro atoms. The van der Waals surface area contributed by atoms with Crippen LogP contribution in [0.15, 0.2) is 24.3 Å². The summed E-state index contributed by atoms with van der Waals surface area (Å²) in [6.07, 6.45) is 0.548. The normalized spacial score (nSPS) is 10.1. The Bertz CT molecular complexity index is 535. The molecular formula is C18H22O6. The molecule has 0 aliphatic carbocycles. The molecule has 0 aliphatic rings. The van der Waals surface area contributed by atoms with Crippen molar-refractivity contribution in [1.82, 2.24) is 0 Å². The van der Waals surface area contributed by atoms with Gasteiger partial charge in [0.2, 0.25) is 0 Å². The highest BCUT2D eigenvalue weighted by Crippen LogP contribution is 2.09. The largest absolute Gasteiger partial charge is 0.461 e. The van der Waals surface area contributed by atoms with Crippen LogP contribution in [0.25, 0.3) is 0 Å². The zero-order valence-corrected chi connectivity index (χ0v) is 14.0. The Hall–Kier alpha value is -2.50. The molecule has 0 amide bonds.